The minimum Gasteiger partial charge on any atom is -0.257 e. The van der Waals surface area contributed by atoms with Gasteiger partial charge in [-0.2, -0.15) is 0 Å². The first-order valence-corrected chi connectivity index (χ1v) is 8.82. The number of hydrogen-bond donors (Lipinski definition) is 0. The van der Waals surface area contributed by atoms with Gasteiger partial charge in [-0.05, 0) is 29.5 Å². The van der Waals surface area contributed by atoms with Crippen molar-refractivity contribution in [1.82, 2.24) is 0 Å². The number of benzene rings is 1. The summed E-state index contributed by atoms with van der Waals surface area (Å²) in [5.74, 6) is 2.93. The summed E-state index contributed by atoms with van der Waals surface area (Å²) >= 11 is 0. The average Bonchev–Trinajstić information content (AvgIpc) is 2.82. The van der Waals surface area contributed by atoms with Gasteiger partial charge in [0.1, 0.15) is 5.70 Å². The van der Waals surface area contributed by atoms with Gasteiger partial charge < -0.3 is 0 Å². The van der Waals surface area contributed by atoms with Crippen LogP contribution in [0.15, 0.2) is 119 Å². The molecule has 2 aliphatic rings. The van der Waals surface area contributed by atoms with E-state index in [1.807, 2.05) is 55.5 Å². The zero-order chi connectivity index (χ0) is 19.3. The van der Waals surface area contributed by atoms with E-state index >= 15 is 0 Å². The van der Waals surface area contributed by atoms with Crippen LogP contribution in [-0.4, -0.2) is 12.1 Å². The van der Waals surface area contributed by atoms with Crippen LogP contribution in [0.5, 0.6) is 0 Å². The molecule has 1 aromatic carbocycles. The Morgan fingerprint density at radius 2 is 1.85 bits per heavy atom. The van der Waals surface area contributed by atoms with Crippen LogP contribution < -0.4 is 0 Å². The second-order valence-corrected chi connectivity index (χ2v) is 6.20. The highest BCUT2D eigenvalue weighted by Gasteiger charge is 2.48. The molecule has 0 N–H and O–H groups in total. The predicted molar refractivity (Wildman–Crippen MR) is 117 cm³/mol. The molecule has 0 radical (unpaired) electrons. The molecular weight excluding hydrogens is 328 g/mol. The maximum absolute atomic E-state index is 4.71. The van der Waals surface area contributed by atoms with Crippen LogP contribution in [0, 0.1) is 0 Å². The Hall–Kier alpha value is -3.48. The van der Waals surface area contributed by atoms with Crippen molar-refractivity contribution in [3.63, 3.8) is 0 Å². The van der Waals surface area contributed by atoms with Gasteiger partial charge in [-0.3, -0.25) is 4.99 Å². The van der Waals surface area contributed by atoms with Crippen molar-refractivity contribution in [2.45, 2.75) is 12.3 Å². The smallest absolute Gasteiger partial charge is 0.104 e. The number of aliphatic imine (C=N–C) groups is 2. The highest BCUT2D eigenvalue weighted by molar-refractivity contribution is 5.94. The highest BCUT2D eigenvalue weighted by atomic mass is 14.9. The van der Waals surface area contributed by atoms with E-state index in [1.165, 1.54) is 0 Å². The molecule has 0 amide bonds. The lowest BCUT2D eigenvalue weighted by Gasteiger charge is -2.33. The molecule has 2 nitrogen and oxygen atoms in total. The molecule has 1 aliphatic heterocycles. The van der Waals surface area contributed by atoms with Crippen molar-refractivity contribution < 1.29 is 0 Å². The van der Waals surface area contributed by atoms with E-state index in [2.05, 4.69) is 42.7 Å². The Bertz CT molecular complexity index is 1020. The maximum atomic E-state index is 4.71. The Kier molecular flexibility index (Phi) is 5.30. The fraction of sp³-hybridized carbons (Fsp3) is 0.0800. The lowest BCUT2D eigenvalue weighted by molar-refractivity contribution is 0.738. The van der Waals surface area contributed by atoms with Crippen LogP contribution in [0.25, 0.3) is 5.70 Å². The largest absolute Gasteiger partial charge is 0.257 e. The second kappa shape index (κ2) is 7.82. The summed E-state index contributed by atoms with van der Waals surface area (Å²) in [5.41, 5.74) is 4.69. The Morgan fingerprint density at radius 1 is 1.07 bits per heavy atom. The van der Waals surface area contributed by atoms with Gasteiger partial charge in [-0.15, -0.1) is 0 Å². The van der Waals surface area contributed by atoms with Gasteiger partial charge in [0.15, 0.2) is 0 Å². The molecule has 0 aromatic heterocycles. The minimum absolute atomic E-state index is 0.696. The SMILES string of the molecule is C=CC(=C)C1(C(=C)\C=C/C=C\C=C/C)C2=C(N=C=CC=N2)c2ccccc21. The fourth-order valence-corrected chi connectivity index (χ4v) is 3.51. The van der Waals surface area contributed by atoms with Crippen LogP contribution in [0.3, 0.4) is 0 Å². The normalized spacial score (nSPS) is 20.5. The van der Waals surface area contributed by atoms with E-state index in [0.717, 1.165) is 33.7 Å². The first-order chi connectivity index (χ1) is 13.2. The standard InChI is InChI=1S/C25H22N2/c1-5-7-8-9-10-14-20(4)25(19(3)6-2)22-16-12-11-15-21(22)23-24(25)27-18-13-17-26-23/h5-16,18H,2-4H2,1H3/b7-5-,9-8-,14-10-. The molecule has 0 saturated heterocycles. The Labute approximate surface area is 161 Å². The first-order valence-electron chi connectivity index (χ1n) is 8.82. The predicted octanol–water partition coefficient (Wildman–Crippen LogP) is 5.90. The van der Waals surface area contributed by atoms with E-state index in [1.54, 1.807) is 18.4 Å². The summed E-state index contributed by atoms with van der Waals surface area (Å²) < 4.78 is 0. The van der Waals surface area contributed by atoms with Gasteiger partial charge in [-0.25, -0.2) is 4.99 Å². The summed E-state index contributed by atoms with van der Waals surface area (Å²) in [6.45, 7) is 14.6. The molecule has 2 heteroatoms. The fourth-order valence-electron chi connectivity index (χ4n) is 3.51. The lowest BCUT2D eigenvalue weighted by atomic mass is 9.69. The van der Waals surface area contributed by atoms with Crippen molar-refractivity contribution in [1.29, 1.82) is 0 Å². The third-order valence-corrected chi connectivity index (χ3v) is 4.73. The minimum atomic E-state index is -0.696. The van der Waals surface area contributed by atoms with Crippen LogP contribution in [0.1, 0.15) is 18.1 Å². The van der Waals surface area contributed by atoms with Gasteiger partial charge in [0.05, 0.1) is 11.1 Å². The first kappa shape index (κ1) is 18.3. The molecule has 1 aromatic rings. The molecule has 0 saturated carbocycles. The van der Waals surface area contributed by atoms with Crippen LogP contribution in [0.2, 0.25) is 0 Å². The number of nitrogens with zero attached hydrogens (tertiary/aromatic N) is 2. The number of rotatable bonds is 6. The van der Waals surface area contributed by atoms with Gasteiger partial charge in [0.2, 0.25) is 0 Å². The summed E-state index contributed by atoms with van der Waals surface area (Å²) in [6, 6.07) is 8.16. The molecule has 3 rings (SSSR count). The molecule has 1 heterocycles. The second-order valence-electron chi connectivity index (χ2n) is 6.20. The molecule has 0 bridgehead atoms. The van der Waals surface area contributed by atoms with Gasteiger partial charge in [0.25, 0.3) is 0 Å². The van der Waals surface area contributed by atoms with Gasteiger partial charge in [0, 0.05) is 17.9 Å². The quantitative estimate of drug-likeness (QED) is 0.570. The number of hydrogen-bond acceptors (Lipinski definition) is 2. The van der Waals surface area contributed by atoms with Crippen LogP contribution in [-0.2, 0) is 5.41 Å². The van der Waals surface area contributed by atoms with Gasteiger partial charge >= 0.3 is 0 Å². The Morgan fingerprint density at radius 3 is 2.63 bits per heavy atom. The van der Waals surface area contributed by atoms with Gasteiger partial charge in [-0.1, -0.05) is 86.5 Å². The lowest BCUT2D eigenvalue weighted by Crippen LogP contribution is -2.29. The van der Waals surface area contributed by atoms with Crippen molar-refractivity contribution in [3.8, 4) is 0 Å². The van der Waals surface area contributed by atoms with Crippen molar-refractivity contribution in [2.75, 3.05) is 0 Å². The molecule has 132 valence electrons. The summed E-state index contributed by atoms with van der Waals surface area (Å²) in [4.78, 5) is 9.24. The third-order valence-electron chi connectivity index (χ3n) is 4.73. The highest BCUT2D eigenvalue weighted by Crippen LogP contribution is 2.55. The van der Waals surface area contributed by atoms with Crippen molar-refractivity contribution in [3.05, 3.63) is 121 Å². The van der Waals surface area contributed by atoms with E-state index in [9.17, 15) is 0 Å². The molecule has 27 heavy (non-hydrogen) atoms. The summed E-state index contributed by atoms with van der Waals surface area (Å²) in [5, 5.41) is 0. The third kappa shape index (κ3) is 2.97. The van der Waals surface area contributed by atoms with E-state index in [4.69, 9.17) is 4.99 Å². The van der Waals surface area contributed by atoms with Crippen LogP contribution in [0.4, 0.5) is 0 Å². The molecular formula is C25H22N2. The number of allylic oxidation sites excluding steroid dienone is 9. The summed E-state index contributed by atoms with van der Waals surface area (Å²) in [6.07, 6.45) is 17.1. The van der Waals surface area contributed by atoms with Crippen molar-refractivity contribution >= 4 is 17.8 Å². The zero-order valence-electron chi connectivity index (χ0n) is 15.5. The van der Waals surface area contributed by atoms with E-state index in [0.29, 0.717) is 0 Å². The molecule has 0 fully saturated rings. The average molecular weight is 350 g/mol. The topological polar surface area (TPSA) is 24.7 Å². The monoisotopic (exact) mass is 350 g/mol. The maximum Gasteiger partial charge on any atom is 0.104 e. The molecule has 1 aliphatic carbocycles. The Balaban J connectivity index is 2.24. The zero-order valence-corrected chi connectivity index (χ0v) is 15.5. The summed E-state index contributed by atoms with van der Waals surface area (Å²) in [7, 11) is 0. The van der Waals surface area contributed by atoms with Crippen molar-refractivity contribution in [2.24, 2.45) is 9.98 Å². The van der Waals surface area contributed by atoms with Crippen LogP contribution >= 0.6 is 0 Å². The van der Waals surface area contributed by atoms with E-state index < -0.39 is 5.41 Å². The molecule has 0 spiro atoms. The van der Waals surface area contributed by atoms with E-state index in [-0.39, 0.29) is 0 Å². The molecule has 1 unspecified atom stereocenters. The molecule has 1 atom stereocenters. The number of fused-ring (bicyclic) bond motifs is 2.